The molecular formula is C20H18ClFN2O4. The molecule has 0 aliphatic carbocycles. The Kier molecular flexibility index (Phi) is 5.56. The molecule has 0 radical (unpaired) electrons. The van der Waals surface area contributed by atoms with Crippen LogP contribution in [0.15, 0.2) is 34.9 Å². The van der Waals surface area contributed by atoms with Crippen molar-refractivity contribution in [2.75, 3.05) is 19.5 Å². The SMILES string of the molecule is COc1cc(C)c(NC(=O)c2c(-c3c(F)cccc3Cl)noc2C)cc1OC. The average Bonchev–Trinajstić information content (AvgIpc) is 3.04. The lowest BCUT2D eigenvalue weighted by molar-refractivity contribution is 0.102. The fraction of sp³-hybridized carbons (Fsp3) is 0.200. The third-order valence-electron chi connectivity index (χ3n) is 4.27. The number of hydrogen-bond donors (Lipinski definition) is 1. The van der Waals surface area contributed by atoms with E-state index in [4.69, 9.17) is 25.6 Å². The van der Waals surface area contributed by atoms with Crippen LogP contribution in [0.4, 0.5) is 10.1 Å². The number of nitrogens with one attached hydrogen (secondary N) is 1. The predicted octanol–water partition coefficient (Wildman–Crippen LogP) is 5.02. The fourth-order valence-electron chi connectivity index (χ4n) is 2.83. The third-order valence-corrected chi connectivity index (χ3v) is 4.58. The van der Waals surface area contributed by atoms with Crippen molar-refractivity contribution < 1.29 is 23.2 Å². The van der Waals surface area contributed by atoms with Crippen LogP contribution in [0.5, 0.6) is 11.5 Å². The highest BCUT2D eigenvalue weighted by Gasteiger charge is 2.26. The molecule has 0 aliphatic heterocycles. The number of aryl methyl sites for hydroxylation is 2. The maximum absolute atomic E-state index is 14.3. The van der Waals surface area contributed by atoms with Crippen LogP contribution in [-0.4, -0.2) is 25.3 Å². The van der Waals surface area contributed by atoms with E-state index in [-0.39, 0.29) is 27.6 Å². The van der Waals surface area contributed by atoms with Crippen LogP contribution in [0.1, 0.15) is 21.7 Å². The first-order valence-electron chi connectivity index (χ1n) is 8.32. The molecule has 28 heavy (non-hydrogen) atoms. The molecule has 2 aromatic carbocycles. The molecule has 8 heteroatoms. The topological polar surface area (TPSA) is 73.6 Å². The number of ether oxygens (including phenoxy) is 2. The summed E-state index contributed by atoms with van der Waals surface area (Å²) in [5.74, 6) is 0.131. The first kappa shape index (κ1) is 19.7. The Morgan fingerprint density at radius 2 is 1.86 bits per heavy atom. The lowest BCUT2D eigenvalue weighted by atomic mass is 10.0. The second-order valence-electron chi connectivity index (χ2n) is 6.04. The average molecular weight is 405 g/mol. The van der Waals surface area contributed by atoms with E-state index >= 15 is 0 Å². The van der Waals surface area contributed by atoms with Crippen LogP contribution in [0.2, 0.25) is 5.02 Å². The normalized spacial score (nSPS) is 10.6. The lowest BCUT2D eigenvalue weighted by Gasteiger charge is -2.14. The zero-order chi connectivity index (χ0) is 20.4. The molecule has 1 aromatic heterocycles. The molecular weight excluding hydrogens is 387 g/mol. The van der Waals surface area contributed by atoms with Crippen LogP contribution in [0.3, 0.4) is 0 Å². The number of benzene rings is 2. The first-order valence-corrected chi connectivity index (χ1v) is 8.69. The molecule has 6 nitrogen and oxygen atoms in total. The van der Waals surface area contributed by atoms with Gasteiger partial charge in [-0.2, -0.15) is 0 Å². The highest BCUT2D eigenvalue weighted by Crippen LogP contribution is 2.36. The summed E-state index contributed by atoms with van der Waals surface area (Å²) in [7, 11) is 3.03. The molecule has 0 spiro atoms. The van der Waals surface area contributed by atoms with E-state index in [1.54, 1.807) is 19.1 Å². The second kappa shape index (κ2) is 7.90. The first-order chi connectivity index (χ1) is 13.4. The molecule has 0 aliphatic rings. The van der Waals surface area contributed by atoms with E-state index < -0.39 is 11.7 Å². The molecule has 0 bridgehead atoms. The van der Waals surface area contributed by atoms with Gasteiger partial charge in [-0.1, -0.05) is 22.8 Å². The highest BCUT2D eigenvalue weighted by molar-refractivity contribution is 6.33. The fourth-order valence-corrected chi connectivity index (χ4v) is 3.09. The molecule has 1 N–H and O–H groups in total. The molecule has 3 aromatic rings. The van der Waals surface area contributed by atoms with Gasteiger partial charge in [0.2, 0.25) is 0 Å². The second-order valence-corrected chi connectivity index (χ2v) is 6.44. The summed E-state index contributed by atoms with van der Waals surface area (Å²) in [4.78, 5) is 13.0. The van der Waals surface area contributed by atoms with E-state index in [1.165, 1.54) is 32.4 Å². The number of nitrogens with zero attached hydrogens (tertiary/aromatic N) is 1. The summed E-state index contributed by atoms with van der Waals surface area (Å²) in [6.07, 6.45) is 0. The number of hydrogen-bond acceptors (Lipinski definition) is 5. The minimum atomic E-state index is -0.600. The summed E-state index contributed by atoms with van der Waals surface area (Å²) in [6, 6.07) is 7.62. The van der Waals surface area contributed by atoms with Crippen molar-refractivity contribution in [3.63, 3.8) is 0 Å². The maximum atomic E-state index is 14.3. The molecule has 0 saturated heterocycles. The van der Waals surface area contributed by atoms with Gasteiger partial charge in [0, 0.05) is 11.8 Å². The molecule has 0 atom stereocenters. The summed E-state index contributed by atoms with van der Waals surface area (Å²) in [5.41, 5.74) is 1.41. The Labute approximate surface area is 166 Å². The largest absolute Gasteiger partial charge is 0.493 e. The Morgan fingerprint density at radius 1 is 1.18 bits per heavy atom. The van der Waals surface area contributed by atoms with E-state index in [0.29, 0.717) is 17.2 Å². The minimum absolute atomic E-state index is 0.00944. The Morgan fingerprint density at radius 3 is 2.50 bits per heavy atom. The number of halogens is 2. The molecule has 0 fully saturated rings. The van der Waals surface area contributed by atoms with Crippen LogP contribution in [0.25, 0.3) is 11.3 Å². The number of rotatable bonds is 5. The molecule has 0 saturated carbocycles. The molecule has 0 unspecified atom stereocenters. The van der Waals surface area contributed by atoms with Crippen LogP contribution in [-0.2, 0) is 0 Å². The monoisotopic (exact) mass is 404 g/mol. The summed E-state index contributed by atoms with van der Waals surface area (Å²) in [6.45, 7) is 3.38. The summed E-state index contributed by atoms with van der Waals surface area (Å²) in [5, 5.41) is 6.77. The van der Waals surface area contributed by atoms with E-state index in [1.807, 2.05) is 6.92 Å². The molecule has 3 rings (SSSR count). The Bertz CT molecular complexity index is 1030. The van der Waals surface area contributed by atoms with Gasteiger partial charge in [0.25, 0.3) is 5.91 Å². The number of anilines is 1. The van der Waals surface area contributed by atoms with E-state index in [9.17, 15) is 9.18 Å². The van der Waals surface area contributed by atoms with Gasteiger partial charge in [0.1, 0.15) is 22.8 Å². The standard InChI is InChI=1S/C20H18ClFN2O4/c1-10-8-15(26-3)16(27-4)9-14(10)23-20(25)17-11(2)28-24-19(17)18-12(21)6-5-7-13(18)22/h5-9H,1-4H3,(H,23,25). The van der Waals surface area contributed by atoms with Crippen LogP contribution in [0, 0.1) is 19.7 Å². The maximum Gasteiger partial charge on any atom is 0.261 e. The molecule has 1 heterocycles. The number of carbonyl (C=O) groups is 1. The van der Waals surface area contributed by atoms with Crippen molar-refractivity contribution in [3.8, 4) is 22.8 Å². The zero-order valence-electron chi connectivity index (χ0n) is 15.7. The molecule has 1 amide bonds. The van der Waals surface area contributed by atoms with Gasteiger partial charge in [-0.25, -0.2) is 4.39 Å². The van der Waals surface area contributed by atoms with Gasteiger partial charge in [-0.05, 0) is 37.6 Å². The number of carbonyl (C=O) groups excluding carboxylic acids is 1. The number of aromatic nitrogens is 1. The van der Waals surface area contributed by atoms with Crippen molar-refractivity contribution >= 4 is 23.2 Å². The number of amides is 1. The van der Waals surface area contributed by atoms with Crippen molar-refractivity contribution in [2.45, 2.75) is 13.8 Å². The van der Waals surface area contributed by atoms with Gasteiger partial charge < -0.3 is 19.3 Å². The van der Waals surface area contributed by atoms with Gasteiger partial charge in [-0.3, -0.25) is 4.79 Å². The van der Waals surface area contributed by atoms with Crippen molar-refractivity contribution in [1.82, 2.24) is 5.16 Å². The predicted molar refractivity (Wildman–Crippen MR) is 104 cm³/mol. The smallest absolute Gasteiger partial charge is 0.261 e. The Balaban J connectivity index is 2.03. The summed E-state index contributed by atoms with van der Waals surface area (Å²) >= 11 is 6.12. The van der Waals surface area contributed by atoms with Crippen LogP contribution >= 0.6 is 11.6 Å². The Hall–Kier alpha value is -3.06. The van der Waals surface area contributed by atoms with Gasteiger partial charge in [-0.15, -0.1) is 0 Å². The van der Waals surface area contributed by atoms with Gasteiger partial charge in [0.05, 0.1) is 24.8 Å². The van der Waals surface area contributed by atoms with E-state index in [2.05, 4.69) is 10.5 Å². The third kappa shape index (κ3) is 3.53. The van der Waals surface area contributed by atoms with Gasteiger partial charge >= 0.3 is 0 Å². The van der Waals surface area contributed by atoms with Crippen molar-refractivity contribution in [3.05, 3.63) is 58.1 Å². The summed E-state index contributed by atoms with van der Waals surface area (Å²) < 4.78 is 30.0. The van der Waals surface area contributed by atoms with E-state index in [0.717, 1.165) is 5.56 Å². The molecule has 146 valence electrons. The van der Waals surface area contributed by atoms with Crippen LogP contribution < -0.4 is 14.8 Å². The quantitative estimate of drug-likeness (QED) is 0.646. The minimum Gasteiger partial charge on any atom is -0.493 e. The highest BCUT2D eigenvalue weighted by atomic mass is 35.5. The zero-order valence-corrected chi connectivity index (χ0v) is 16.5. The number of methoxy groups -OCH3 is 2. The van der Waals surface area contributed by atoms with Crippen molar-refractivity contribution in [2.24, 2.45) is 0 Å². The van der Waals surface area contributed by atoms with Crippen molar-refractivity contribution in [1.29, 1.82) is 0 Å². The van der Waals surface area contributed by atoms with Gasteiger partial charge in [0.15, 0.2) is 11.5 Å². The lowest BCUT2D eigenvalue weighted by Crippen LogP contribution is -2.15.